The van der Waals surface area contributed by atoms with Crippen molar-refractivity contribution in [1.82, 2.24) is 5.32 Å². The number of aliphatic hydroxyl groups is 1. The lowest BCUT2D eigenvalue weighted by Gasteiger charge is -2.18. The first-order chi connectivity index (χ1) is 7.91. The zero-order valence-corrected chi connectivity index (χ0v) is 10.6. The molecule has 96 valence electrons. The van der Waals surface area contributed by atoms with Crippen LogP contribution in [0.2, 0.25) is 10.0 Å². The molecular formula is C11H13Cl2F2NO. The molecule has 0 aliphatic rings. The van der Waals surface area contributed by atoms with Gasteiger partial charge in [-0.15, -0.1) is 0 Å². The average molecular weight is 284 g/mol. The Bertz CT molecular complexity index is 376. The third-order valence-electron chi connectivity index (χ3n) is 2.35. The molecular weight excluding hydrogens is 271 g/mol. The maximum Gasteiger partial charge on any atom is 0.265 e. The van der Waals surface area contributed by atoms with Crippen LogP contribution in [0.4, 0.5) is 8.78 Å². The minimum absolute atomic E-state index is 0.207. The van der Waals surface area contributed by atoms with Crippen LogP contribution < -0.4 is 5.32 Å². The first-order valence-electron chi connectivity index (χ1n) is 5.06. The SMILES string of the molecule is CC(NCC(O)C(F)F)c1cc(Cl)ccc1Cl. The summed E-state index contributed by atoms with van der Waals surface area (Å²) in [4.78, 5) is 0. The van der Waals surface area contributed by atoms with Crippen LogP contribution in [-0.4, -0.2) is 24.2 Å². The fourth-order valence-electron chi connectivity index (χ4n) is 1.34. The molecule has 0 bridgehead atoms. The van der Waals surface area contributed by atoms with Crippen LogP contribution in [0, 0.1) is 0 Å². The fourth-order valence-corrected chi connectivity index (χ4v) is 1.80. The van der Waals surface area contributed by atoms with Gasteiger partial charge in [0.2, 0.25) is 0 Å². The molecule has 2 unspecified atom stereocenters. The first-order valence-corrected chi connectivity index (χ1v) is 5.82. The highest BCUT2D eigenvalue weighted by Crippen LogP contribution is 2.26. The van der Waals surface area contributed by atoms with Gasteiger partial charge in [0.1, 0.15) is 6.10 Å². The van der Waals surface area contributed by atoms with E-state index in [0.29, 0.717) is 15.6 Å². The molecule has 6 heteroatoms. The van der Waals surface area contributed by atoms with Crippen molar-refractivity contribution in [3.63, 3.8) is 0 Å². The molecule has 0 aliphatic heterocycles. The molecule has 0 amide bonds. The third kappa shape index (κ3) is 4.39. The van der Waals surface area contributed by atoms with Gasteiger partial charge in [0.25, 0.3) is 6.43 Å². The minimum atomic E-state index is -2.76. The van der Waals surface area contributed by atoms with Crippen molar-refractivity contribution in [2.24, 2.45) is 0 Å². The Morgan fingerprint density at radius 1 is 1.35 bits per heavy atom. The van der Waals surface area contributed by atoms with Gasteiger partial charge in [-0.1, -0.05) is 23.2 Å². The van der Waals surface area contributed by atoms with E-state index in [0.717, 1.165) is 0 Å². The fraction of sp³-hybridized carbons (Fsp3) is 0.455. The second-order valence-electron chi connectivity index (χ2n) is 3.70. The molecule has 0 heterocycles. The summed E-state index contributed by atoms with van der Waals surface area (Å²) in [6.07, 6.45) is -4.44. The van der Waals surface area contributed by atoms with Gasteiger partial charge in [-0.25, -0.2) is 8.78 Å². The number of nitrogens with one attached hydrogen (secondary N) is 1. The van der Waals surface area contributed by atoms with Crippen LogP contribution in [0.5, 0.6) is 0 Å². The number of benzene rings is 1. The first kappa shape index (κ1) is 14.6. The van der Waals surface area contributed by atoms with Crippen molar-refractivity contribution >= 4 is 23.2 Å². The van der Waals surface area contributed by atoms with Crippen LogP contribution in [0.15, 0.2) is 18.2 Å². The largest absolute Gasteiger partial charge is 0.386 e. The van der Waals surface area contributed by atoms with Crippen molar-refractivity contribution in [3.8, 4) is 0 Å². The highest BCUT2D eigenvalue weighted by molar-refractivity contribution is 6.33. The molecule has 0 radical (unpaired) electrons. The normalized spacial score (nSPS) is 15.0. The molecule has 2 nitrogen and oxygen atoms in total. The number of alkyl halides is 2. The van der Waals surface area contributed by atoms with E-state index in [-0.39, 0.29) is 12.6 Å². The number of halogens is 4. The van der Waals surface area contributed by atoms with E-state index >= 15 is 0 Å². The van der Waals surface area contributed by atoms with E-state index in [9.17, 15) is 8.78 Å². The van der Waals surface area contributed by atoms with E-state index in [1.165, 1.54) is 0 Å². The van der Waals surface area contributed by atoms with E-state index in [1.54, 1.807) is 25.1 Å². The van der Waals surface area contributed by atoms with E-state index in [4.69, 9.17) is 28.3 Å². The molecule has 0 spiro atoms. The zero-order valence-electron chi connectivity index (χ0n) is 9.13. The monoisotopic (exact) mass is 283 g/mol. The lowest BCUT2D eigenvalue weighted by atomic mass is 10.1. The summed E-state index contributed by atoms with van der Waals surface area (Å²) < 4.78 is 24.2. The molecule has 0 aromatic heterocycles. The van der Waals surface area contributed by atoms with Crippen LogP contribution in [0.1, 0.15) is 18.5 Å². The number of aliphatic hydroxyl groups excluding tert-OH is 1. The average Bonchev–Trinajstić information content (AvgIpc) is 2.28. The van der Waals surface area contributed by atoms with Gasteiger partial charge >= 0.3 is 0 Å². The summed E-state index contributed by atoms with van der Waals surface area (Å²) in [6.45, 7) is 1.55. The van der Waals surface area contributed by atoms with E-state index in [2.05, 4.69) is 5.32 Å². The molecule has 1 aromatic rings. The summed E-state index contributed by atoms with van der Waals surface area (Å²) >= 11 is 11.8. The quantitative estimate of drug-likeness (QED) is 0.869. The van der Waals surface area contributed by atoms with Crippen LogP contribution >= 0.6 is 23.2 Å². The molecule has 0 saturated carbocycles. The number of hydrogen-bond acceptors (Lipinski definition) is 2. The van der Waals surface area contributed by atoms with E-state index in [1.807, 2.05) is 0 Å². The lowest BCUT2D eigenvalue weighted by molar-refractivity contribution is -0.00439. The zero-order chi connectivity index (χ0) is 13.0. The van der Waals surface area contributed by atoms with Gasteiger partial charge in [0, 0.05) is 22.6 Å². The highest BCUT2D eigenvalue weighted by Gasteiger charge is 2.18. The summed E-state index contributed by atoms with van der Waals surface area (Å²) in [5.41, 5.74) is 0.709. The molecule has 2 N–H and O–H groups in total. The molecule has 1 rings (SSSR count). The van der Waals surface area contributed by atoms with Gasteiger partial charge in [-0.2, -0.15) is 0 Å². The van der Waals surface area contributed by atoms with Gasteiger partial charge in [0.05, 0.1) is 0 Å². The Hall–Kier alpha value is -0.420. The molecule has 1 aromatic carbocycles. The predicted octanol–water partition coefficient (Wildman–Crippen LogP) is 3.27. The number of rotatable bonds is 5. The van der Waals surface area contributed by atoms with Gasteiger partial charge < -0.3 is 10.4 Å². The van der Waals surface area contributed by atoms with Crippen molar-refractivity contribution in [2.45, 2.75) is 25.5 Å². The van der Waals surface area contributed by atoms with Gasteiger partial charge in [0.15, 0.2) is 0 Å². The molecule has 0 fully saturated rings. The maximum atomic E-state index is 12.1. The highest BCUT2D eigenvalue weighted by atomic mass is 35.5. The Balaban J connectivity index is 2.63. The van der Waals surface area contributed by atoms with Crippen molar-refractivity contribution in [3.05, 3.63) is 33.8 Å². The Kier molecular flexibility index (Phi) is 5.59. The Morgan fingerprint density at radius 2 is 2.00 bits per heavy atom. The molecule has 2 atom stereocenters. The molecule has 0 saturated heterocycles. The van der Waals surface area contributed by atoms with Crippen molar-refractivity contribution < 1.29 is 13.9 Å². The summed E-state index contributed by atoms with van der Waals surface area (Å²) in [7, 11) is 0. The minimum Gasteiger partial charge on any atom is -0.386 e. The summed E-state index contributed by atoms with van der Waals surface area (Å²) in [5.74, 6) is 0. The summed E-state index contributed by atoms with van der Waals surface area (Å²) in [5, 5.41) is 12.8. The maximum absolute atomic E-state index is 12.1. The van der Waals surface area contributed by atoms with Crippen LogP contribution in [0.3, 0.4) is 0 Å². The van der Waals surface area contributed by atoms with Crippen LogP contribution in [-0.2, 0) is 0 Å². The summed E-state index contributed by atoms with van der Waals surface area (Å²) in [6, 6.07) is 4.68. The smallest absolute Gasteiger partial charge is 0.265 e. The Morgan fingerprint density at radius 3 is 2.59 bits per heavy atom. The molecule has 17 heavy (non-hydrogen) atoms. The second-order valence-corrected chi connectivity index (χ2v) is 4.54. The van der Waals surface area contributed by atoms with E-state index < -0.39 is 12.5 Å². The number of hydrogen-bond donors (Lipinski definition) is 2. The van der Waals surface area contributed by atoms with Crippen molar-refractivity contribution in [1.29, 1.82) is 0 Å². The topological polar surface area (TPSA) is 32.3 Å². The second kappa shape index (κ2) is 6.50. The lowest BCUT2D eigenvalue weighted by Crippen LogP contribution is -2.33. The van der Waals surface area contributed by atoms with Gasteiger partial charge in [-0.05, 0) is 30.7 Å². The standard InChI is InChI=1S/C11H13Cl2F2NO/c1-6(16-5-10(17)11(14)15)8-4-7(12)2-3-9(8)13/h2-4,6,10-11,16-17H,5H2,1H3. The van der Waals surface area contributed by atoms with Gasteiger partial charge in [-0.3, -0.25) is 0 Å². The molecule has 0 aliphatic carbocycles. The van der Waals surface area contributed by atoms with Crippen LogP contribution in [0.25, 0.3) is 0 Å². The van der Waals surface area contributed by atoms with Crippen molar-refractivity contribution in [2.75, 3.05) is 6.54 Å². The third-order valence-corrected chi connectivity index (χ3v) is 2.93. The Labute approximate surface area is 109 Å². The predicted molar refractivity (Wildman–Crippen MR) is 64.9 cm³/mol.